The number of thioether (sulfide) groups is 2. The van der Waals surface area contributed by atoms with Crippen molar-refractivity contribution in [3.05, 3.63) is 70.3 Å². The topological polar surface area (TPSA) is 140 Å². The Bertz CT molecular complexity index is 2140. The van der Waals surface area contributed by atoms with Crippen molar-refractivity contribution in [1.29, 1.82) is 0 Å². The lowest BCUT2D eigenvalue weighted by Gasteiger charge is -2.08. The first-order chi connectivity index (χ1) is 23.2. The van der Waals surface area contributed by atoms with E-state index in [-0.39, 0.29) is 11.8 Å². The zero-order valence-electron chi connectivity index (χ0n) is 27.5. The van der Waals surface area contributed by atoms with Gasteiger partial charge in [0.15, 0.2) is 10.3 Å². The zero-order valence-corrected chi connectivity index (χ0v) is 29.2. The van der Waals surface area contributed by atoms with Gasteiger partial charge in [0, 0.05) is 46.4 Å². The number of rotatable bonds is 6. The van der Waals surface area contributed by atoms with Crippen LogP contribution >= 0.6 is 23.5 Å². The standard InChI is InChI=1S/C36H38N8O2S2/c1-19-13-24-16-29-21(3)25(5-7-33(45)43-35-37-9-11-47-35)31(41-29)18-32-26(6-8-34(46)44-36-38-10-12-48-36)22(4)30(42-32)17-28-20(2)14-23(40-28)15-27(19)39-24/h13-18,39-40H,5-12H2,1-4H3,(H,37,43,45)(H,38,44,46). The van der Waals surface area contributed by atoms with Crippen molar-refractivity contribution in [2.75, 3.05) is 24.6 Å². The number of carbonyl (C=O) groups excluding carboxylic acids is 2. The van der Waals surface area contributed by atoms with E-state index in [2.05, 4.69) is 88.6 Å². The van der Waals surface area contributed by atoms with Crippen molar-refractivity contribution >= 4 is 90.0 Å². The van der Waals surface area contributed by atoms with Gasteiger partial charge in [-0.2, -0.15) is 0 Å². The van der Waals surface area contributed by atoms with Crippen molar-refractivity contribution in [3.63, 3.8) is 0 Å². The first-order valence-corrected chi connectivity index (χ1v) is 18.2. The van der Waals surface area contributed by atoms with Gasteiger partial charge >= 0.3 is 0 Å². The minimum absolute atomic E-state index is 0.0599. The van der Waals surface area contributed by atoms with Crippen LogP contribution in [0, 0.1) is 13.8 Å². The Labute approximate surface area is 287 Å². The quantitative estimate of drug-likeness (QED) is 0.226. The number of fused-ring (bicyclic) bond motifs is 8. The number of nitrogens with one attached hydrogen (secondary N) is 4. The number of aromatic nitrogens is 4. The van der Waals surface area contributed by atoms with Crippen LogP contribution in [-0.2, 0) is 9.59 Å². The van der Waals surface area contributed by atoms with Gasteiger partial charge in [-0.05, 0) is 110 Å². The minimum Gasteiger partial charge on any atom is -0.355 e. The number of aliphatic imine (C=N–C) groups is 2. The molecule has 0 saturated carbocycles. The van der Waals surface area contributed by atoms with E-state index >= 15 is 0 Å². The van der Waals surface area contributed by atoms with Crippen LogP contribution in [0.3, 0.4) is 0 Å². The molecule has 0 aromatic carbocycles. The monoisotopic (exact) mass is 678 g/mol. The molecule has 3 aromatic heterocycles. The Balaban J connectivity index is 1.33. The van der Waals surface area contributed by atoms with Gasteiger partial charge in [0.25, 0.3) is 0 Å². The number of allylic oxidation sites excluding steroid dienone is 4. The zero-order chi connectivity index (χ0) is 33.4. The van der Waals surface area contributed by atoms with Crippen LogP contribution in [0.2, 0.25) is 0 Å². The van der Waals surface area contributed by atoms with Crippen LogP contribution < -0.4 is 10.6 Å². The minimum atomic E-state index is -0.0600. The van der Waals surface area contributed by atoms with Gasteiger partial charge in [-0.25, -0.2) is 9.97 Å². The molecule has 0 saturated heterocycles. The number of H-pyrrole nitrogens is 2. The molecule has 10 nitrogen and oxygen atoms in total. The van der Waals surface area contributed by atoms with Gasteiger partial charge in [-0.1, -0.05) is 23.5 Å². The normalized spacial score (nSPS) is 16.0. The first-order valence-electron chi connectivity index (χ1n) is 16.2. The maximum absolute atomic E-state index is 12.9. The first kappa shape index (κ1) is 32.1. The highest BCUT2D eigenvalue weighted by Gasteiger charge is 2.23. The van der Waals surface area contributed by atoms with Gasteiger partial charge in [0.2, 0.25) is 11.8 Å². The van der Waals surface area contributed by atoms with E-state index in [0.29, 0.717) is 36.0 Å². The molecule has 0 atom stereocenters. The molecule has 0 spiro atoms. The maximum atomic E-state index is 12.9. The predicted octanol–water partition coefficient (Wildman–Crippen LogP) is 6.79. The molecule has 0 radical (unpaired) electrons. The van der Waals surface area contributed by atoms with E-state index in [1.807, 2.05) is 6.07 Å². The van der Waals surface area contributed by atoms with Crippen LogP contribution in [0.5, 0.6) is 0 Å². The second-order valence-corrected chi connectivity index (χ2v) is 14.5. The van der Waals surface area contributed by atoms with Crippen molar-refractivity contribution < 1.29 is 9.59 Å². The SMILES string of the molecule is CC1=C(CCC(=O)NC2=NCCS2)c2cc3nc(cc4[nH]c(cc4C)cc4[nH]c(cc1n2)cc4C)C(C)=C3CCC(=O)NC1=NCCS1. The fourth-order valence-electron chi connectivity index (χ4n) is 6.30. The summed E-state index contributed by atoms with van der Waals surface area (Å²) in [5.74, 6) is 1.67. The second kappa shape index (κ2) is 13.6. The Hall–Kier alpha value is -4.42. The molecule has 12 heteroatoms. The number of amides is 2. The Morgan fingerprint density at radius 2 is 1.12 bits per heavy atom. The molecule has 7 heterocycles. The molecule has 0 aliphatic carbocycles. The highest BCUT2D eigenvalue weighted by molar-refractivity contribution is 8.14. The number of nitrogens with zero attached hydrogens (tertiary/aromatic N) is 4. The van der Waals surface area contributed by atoms with Gasteiger partial charge < -0.3 is 20.6 Å². The highest BCUT2D eigenvalue weighted by Crippen LogP contribution is 2.37. The molecule has 246 valence electrons. The number of aromatic amines is 2. The van der Waals surface area contributed by atoms with Gasteiger partial charge in [-0.15, -0.1) is 0 Å². The predicted molar refractivity (Wildman–Crippen MR) is 200 cm³/mol. The van der Waals surface area contributed by atoms with E-state index in [4.69, 9.17) is 9.97 Å². The van der Waals surface area contributed by atoms with E-state index in [1.54, 1.807) is 23.5 Å². The van der Waals surface area contributed by atoms with E-state index < -0.39 is 0 Å². The Morgan fingerprint density at radius 3 is 1.62 bits per heavy atom. The summed E-state index contributed by atoms with van der Waals surface area (Å²) < 4.78 is 0. The fourth-order valence-corrected chi connectivity index (χ4v) is 7.78. The second-order valence-electron chi connectivity index (χ2n) is 12.4. The summed E-state index contributed by atoms with van der Waals surface area (Å²) in [6.07, 6.45) is 1.66. The van der Waals surface area contributed by atoms with Crippen molar-refractivity contribution in [3.8, 4) is 0 Å². The van der Waals surface area contributed by atoms with Crippen molar-refractivity contribution in [2.24, 2.45) is 9.98 Å². The van der Waals surface area contributed by atoms with Gasteiger partial charge in [-0.3, -0.25) is 19.6 Å². The molecular formula is C36H38N8O2S2. The molecule has 2 amide bonds. The van der Waals surface area contributed by atoms with Crippen LogP contribution in [0.15, 0.2) is 46.4 Å². The summed E-state index contributed by atoms with van der Waals surface area (Å²) in [6, 6.07) is 12.6. The lowest BCUT2D eigenvalue weighted by Crippen LogP contribution is -2.27. The third-order valence-corrected chi connectivity index (χ3v) is 10.7. The van der Waals surface area contributed by atoms with Crippen LogP contribution in [0.4, 0.5) is 0 Å². The summed E-state index contributed by atoms with van der Waals surface area (Å²) in [6.45, 7) is 9.79. The fraction of sp³-hybridized carbons (Fsp3) is 0.333. The third-order valence-electron chi connectivity index (χ3n) is 8.94. The molecule has 48 heavy (non-hydrogen) atoms. The molecule has 0 fully saturated rings. The summed E-state index contributed by atoms with van der Waals surface area (Å²) in [5.41, 5.74) is 13.5. The Morgan fingerprint density at radius 1 is 0.646 bits per heavy atom. The lowest BCUT2D eigenvalue weighted by atomic mass is 9.98. The van der Waals surface area contributed by atoms with Gasteiger partial charge in [0.05, 0.1) is 35.9 Å². The van der Waals surface area contributed by atoms with Crippen molar-refractivity contribution in [1.82, 2.24) is 30.6 Å². The van der Waals surface area contributed by atoms with Gasteiger partial charge in [0.1, 0.15) is 0 Å². The lowest BCUT2D eigenvalue weighted by molar-refractivity contribution is -0.120. The number of hydrogen-bond donors (Lipinski definition) is 4. The number of aryl methyl sites for hydroxylation is 2. The third kappa shape index (κ3) is 6.91. The number of amidine groups is 2. The van der Waals surface area contributed by atoms with Crippen LogP contribution in [0.25, 0.3) is 44.4 Å². The summed E-state index contributed by atoms with van der Waals surface area (Å²) in [5, 5.41) is 7.31. The average Bonchev–Trinajstić information content (AvgIpc) is 3.90. The molecule has 4 aliphatic heterocycles. The maximum Gasteiger partial charge on any atom is 0.226 e. The van der Waals surface area contributed by atoms with E-state index in [1.165, 1.54) is 0 Å². The Kier molecular flexibility index (Phi) is 9.11. The van der Waals surface area contributed by atoms with E-state index in [0.717, 1.165) is 103 Å². The molecule has 7 rings (SSSR count). The average molecular weight is 679 g/mol. The molecule has 0 unspecified atom stereocenters. The molecule has 4 N–H and O–H groups in total. The molecule has 3 aromatic rings. The highest BCUT2D eigenvalue weighted by atomic mass is 32.2. The largest absolute Gasteiger partial charge is 0.355 e. The van der Waals surface area contributed by atoms with Crippen LogP contribution in [-0.4, -0.2) is 66.7 Å². The summed E-state index contributed by atoms with van der Waals surface area (Å²) >= 11 is 3.15. The van der Waals surface area contributed by atoms with Crippen molar-refractivity contribution in [2.45, 2.75) is 53.4 Å². The summed E-state index contributed by atoms with van der Waals surface area (Å²) in [7, 11) is 0. The number of carbonyl (C=O) groups is 2. The smallest absolute Gasteiger partial charge is 0.226 e. The summed E-state index contributed by atoms with van der Waals surface area (Å²) in [4.78, 5) is 52.0. The molecule has 4 aliphatic rings. The molecular weight excluding hydrogens is 641 g/mol. The number of hydrogen-bond acceptors (Lipinski definition) is 8. The van der Waals surface area contributed by atoms with Crippen LogP contribution in [0.1, 0.15) is 73.4 Å². The van der Waals surface area contributed by atoms with E-state index in [9.17, 15) is 9.59 Å². The molecule has 8 bridgehead atoms.